The molecule has 3 nitrogen and oxygen atoms in total. The van der Waals surface area contributed by atoms with Crippen molar-refractivity contribution < 1.29 is 13.6 Å². The summed E-state index contributed by atoms with van der Waals surface area (Å²) in [6.07, 6.45) is 1.91. The molecule has 1 aliphatic carbocycles. The van der Waals surface area contributed by atoms with Crippen LogP contribution in [0.3, 0.4) is 0 Å². The van der Waals surface area contributed by atoms with Crippen molar-refractivity contribution in [1.29, 1.82) is 0 Å². The Morgan fingerprint density at radius 3 is 2.38 bits per heavy atom. The molecule has 1 unspecified atom stereocenters. The minimum Gasteiger partial charge on any atom is -0.329 e. The molecule has 0 aromatic carbocycles. The fourth-order valence-corrected chi connectivity index (χ4v) is 1.54. The number of carbonyl (C=O) groups is 1. The van der Waals surface area contributed by atoms with Crippen LogP contribution in [-0.2, 0) is 4.79 Å². The van der Waals surface area contributed by atoms with Crippen LogP contribution in [0.15, 0.2) is 0 Å². The van der Waals surface area contributed by atoms with E-state index in [1.54, 1.807) is 0 Å². The third-order valence-electron chi connectivity index (χ3n) is 2.57. The predicted octanol–water partition coefficient (Wildman–Crippen LogP) is 0.201. The van der Waals surface area contributed by atoms with Gasteiger partial charge in [0.15, 0.2) is 0 Å². The Balaban J connectivity index is 1.85. The Labute approximate surface area is 74.9 Å². The van der Waals surface area contributed by atoms with Gasteiger partial charge in [-0.1, -0.05) is 0 Å². The lowest BCUT2D eigenvalue weighted by atomic mass is 10.1. The summed E-state index contributed by atoms with van der Waals surface area (Å²) < 4.78 is 24.8. The molecule has 0 radical (unpaired) electrons. The van der Waals surface area contributed by atoms with Crippen LogP contribution in [-0.4, -0.2) is 35.9 Å². The maximum atomic E-state index is 12.4. The van der Waals surface area contributed by atoms with Crippen molar-refractivity contribution in [3.63, 3.8) is 0 Å². The van der Waals surface area contributed by atoms with E-state index >= 15 is 0 Å². The number of likely N-dealkylation sites (tertiary alicyclic amines) is 1. The summed E-state index contributed by atoms with van der Waals surface area (Å²) in [4.78, 5) is 12.5. The molecule has 1 aliphatic heterocycles. The minimum absolute atomic E-state index is 0.238. The van der Waals surface area contributed by atoms with Crippen LogP contribution in [0.1, 0.15) is 12.8 Å². The summed E-state index contributed by atoms with van der Waals surface area (Å²) in [7, 11) is 0. The van der Waals surface area contributed by atoms with Gasteiger partial charge in [0, 0.05) is 0 Å². The largest absolute Gasteiger partial charge is 0.329 e. The van der Waals surface area contributed by atoms with Crippen molar-refractivity contribution in [1.82, 2.24) is 4.90 Å². The summed E-state index contributed by atoms with van der Waals surface area (Å²) in [6, 6.07) is -0.545. The van der Waals surface area contributed by atoms with Crippen LogP contribution < -0.4 is 5.73 Å². The van der Waals surface area contributed by atoms with Crippen molar-refractivity contribution in [2.75, 3.05) is 13.1 Å². The van der Waals surface area contributed by atoms with E-state index in [0.717, 1.165) is 17.7 Å². The second kappa shape index (κ2) is 2.64. The van der Waals surface area contributed by atoms with E-state index in [2.05, 4.69) is 0 Å². The number of amides is 1. The average Bonchev–Trinajstić information content (AvgIpc) is 2.79. The number of alkyl halides is 2. The minimum atomic E-state index is -2.68. The summed E-state index contributed by atoms with van der Waals surface area (Å²) in [5.41, 5.74) is 5.59. The molecule has 13 heavy (non-hydrogen) atoms. The van der Waals surface area contributed by atoms with E-state index in [9.17, 15) is 13.6 Å². The lowest BCUT2D eigenvalue weighted by Gasteiger charge is -2.39. The topological polar surface area (TPSA) is 46.3 Å². The summed E-state index contributed by atoms with van der Waals surface area (Å²) in [6.45, 7) is -0.904. The maximum Gasteiger partial charge on any atom is 0.282 e. The van der Waals surface area contributed by atoms with Gasteiger partial charge in [-0.2, -0.15) is 0 Å². The summed E-state index contributed by atoms with van der Waals surface area (Å²) in [5, 5.41) is 0. The zero-order valence-corrected chi connectivity index (χ0v) is 7.17. The fourth-order valence-electron chi connectivity index (χ4n) is 1.54. The predicted molar refractivity (Wildman–Crippen MR) is 42.2 cm³/mol. The van der Waals surface area contributed by atoms with E-state index in [0.29, 0.717) is 0 Å². The molecule has 2 fully saturated rings. The monoisotopic (exact) mass is 190 g/mol. The first kappa shape index (κ1) is 8.87. The highest BCUT2D eigenvalue weighted by molar-refractivity contribution is 5.83. The second-order valence-electron chi connectivity index (χ2n) is 3.91. The smallest absolute Gasteiger partial charge is 0.282 e. The molecule has 5 heteroatoms. The van der Waals surface area contributed by atoms with E-state index in [-0.39, 0.29) is 11.8 Å². The number of halogens is 2. The quantitative estimate of drug-likeness (QED) is 0.676. The number of nitrogens with two attached hydrogens (primary N) is 1. The van der Waals surface area contributed by atoms with Crippen LogP contribution in [0.2, 0.25) is 0 Å². The molecule has 0 bridgehead atoms. The highest BCUT2D eigenvalue weighted by atomic mass is 19.3. The van der Waals surface area contributed by atoms with E-state index in [1.165, 1.54) is 0 Å². The average molecular weight is 190 g/mol. The Bertz CT molecular complexity index is 232. The van der Waals surface area contributed by atoms with Gasteiger partial charge < -0.3 is 10.6 Å². The van der Waals surface area contributed by atoms with Crippen LogP contribution >= 0.6 is 0 Å². The van der Waals surface area contributed by atoms with Crippen LogP contribution in [0.25, 0.3) is 0 Å². The highest BCUT2D eigenvalue weighted by Gasteiger charge is 2.48. The molecule has 1 heterocycles. The standard InChI is InChI=1S/C8H12F2N2O/c9-8(10)3-12(4-8)7(13)6(11)5-1-2-5/h5-6H,1-4,11H2. The lowest BCUT2D eigenvalue weighted by Crippen LogP contribution is -2.62. The first-order valence-corrected chi connectivity index (χ1v) is 4.42. The van der Waals surface area contributed by atoms with Gasteiger partial charge in [-0.05, 0) is 18.8 Å². The zero-order valence-electron chi connectivity index (χ0n) is 7.17. The third kappa shape index (κ3) is 1.65. The molecule has 2 rings (SSSR count). The van der Waals surface area contributed by atoms with Crippen molar-refractivity contribution in [3.05, 3.63) is 0 Å². The number of rotatable bonds is 2. The molecule has 0 aromatic heterocycles. The number of carbonyl (C=O) groups excluding carboxylic acids is 1. The summed E-state index contributed by atoms with van der Waals surface area (Å²) in [5.74, 6) is -2.76. The number of hydrogen-bond acceptors (Lipinski definition) is 2. The first-order valence-electron chi connectivity index (χ1n) is 4.42. The Hall–Kier alpha value is -0.710. The highest BCUT2D eigenvalue weighted by Crippen LogP contribution is 2.34. The van der Waals surface area contributed by atoms with Crippen molar-refractivity contribution >= 4 is 5.91 Å². The van der Waals surface area contributed by atoms with E-state index in [4.69, 9.17) is 5.73 Å². The van der Waals surface area contributed by atoms with Crippen molar-refractivity contribution in [3.8, 4) is 0 Å². The van der Waals surface area contributed by atoms with Gasteiger partial charge in [0.2, 0.25) is 5.91 Å². The van der Waals surface area contributed by atoms with Crippen molar-refractivity contribution in [2.45, 2.75) is 24.8 Å². The Morgan fingerprint density at radius 2 is 2.00 bits per heavy atom. The van der Waals surface area contributed by atoms with Gasteiger partial charge in [-0.3, -0.25) is 4.79 Å². The molecule has 1 saturated heterocycles. The molecule has 0 spiro atoms. The first-order chi connectivity index (χ1) is 5.99. The maximum absolute atomic E-state index is 12.4. The molecular formula is C8H12F2N2O. The molecule has 1 amide bonds. The SMILES string of the molecule is NC(C(=O)N1CC(F)(F)C1)C1CC1. The van der Waals surface area contributed by atoms with Gasteiger partial charge in [0.1, 0.15) is 0 Å². The Kier molecular flexibility index (Phi) is 1.80. The normalized spacial score (nSPS) is 28.1. The second-order valence-corrected chi connectivity index (χ2v) is 3.91. The van der Waals surface area contributed by atoms with Gasteiger partial charge in [0.25, 0.3) is 5.92 Å². The molecular weight excluding hydrogens is 178 g/mol. The van der Waals surface area contributed by atoms with E-state index < -0.39 is 25.1 Å². The van der Waals surface area contributed by atoms with Gasteiger partial charge >= 0.3 is 0 Å². The van der Waals surface area contributed by atoms with E-state index in [1.807, 2.05) is 0 Å². The molecule has 74 valence electrons. The molecule has 0 aromatic rings. The van der Waals surface area contributed by atoms with Crippen molar-refractivity contribution in [2.24, 2.45) is 11.7 Å². The zero-order chi connectivity index (χ0) is 9.64. The van der Waals surface area contributed by atoms with Crippen LogP contribution in [0.4, 0.5) is 8.78 Å². The van der Waals surface area contributed by atoms with Gasteiger partial charge in [-0.25, -0.2) is 8.78 Å². The fraction of sp³-hybridized carbons (Fsp3) is 0.875. The van der Waals surface area contributed by atoms with Gasteiger partial charge in [0.05, 0.1) is 19.1 Å². The molecule has 1 atom stereocenters. The molecule has 1 saturated carbocycles. The van der Waals surface area contributed by atoms with Gasteiger partial charge in [-0.15, -0.1) is 0 Å². The van der Waals surface area contributed by atoms with Crippen LogP contribution in [0.5, 0.6) is 0 Å². The summed E-state index contributed by atoms with van der Waals surface area (Å²) >= 11 is 0. The lowest BCUT2D eigenvalue weighted by molar-refractivity contribution is -0.167. The number of nitrogens with zero attached hydrogens (tertiary/aromatic N) is 1. The van der Waals surface area contributed by atoms with Crippen LogP contribution in [0, 0.1) is 5.92 Å². The number of hydrogen-bond donors (Lipinski definition) is 1. The Morgan fingerprint density at radius 1 is 1.46 bits per heavy atom. The molecule has 2 aliphatic rings. The molecule has 2 N–H and O–H groups in total. The third-order valence-corrected chi connectivity index (χ3v) is 2.57.